The van der Waals surface area contributed by atoms with Crippen LogP contribution in [0.3, 0.4) is 0 Å². The molecule has 1 aromatic carbocycles. The largest absolute Gasteiger partial charge is 0.439 e. The van der Waals surface area contributed by atoms with Crippen molar-refractivity contribution in [2.75, 3.05) is 0 Å². The van der Waals surface area contributed by atoms with Gasteiger partial charge in [0.15, 0.2) is 5.65 Å². The monoisotopic (exact) mass is 382 g/mol. The molecule has 3 aromatic heterocycles. The lowest BCUT2D eigenvalue weighted by Gasteiger charge is -2.08. The minimum Gasteiger partial charge on any atom is -0.439 e. The molecule has 7 nitrogen and oxygen atoms in total. The van der Waals surface area contributed by atoms with E-state index in [1.165, 1.54) is 12.8 Å². The van der Waals surface area contributed by atoms with E-state index in [-0.39, 0.29) is 0 Å². The van der Waals surface area contributed by atoms with Gasteiger partial charge in [-0.1, -0.05) is 11.6 Å². The Morgan fingerprint density at radius 1 is 1.11 bits per heavy atom. The summed E-state index contributed by atoms with van der Waals surface area (Å²) in [5, 5.41) is 9.83. The van der Waals surface area contributed by atoms with Gasteiger partial charge in [0.25, 0.3) is 0 Å². The molecule has 1 aliphatic carbocycles. The first-order valence-corrected chi connectivity index (χ1v) is 9.29. The second kappa shape index (κ2) is 5.85. The maximum Gasteiger partial charge on any atom is 0.228 e. The lowest BCUT2D eigenvalue weighted by atomic mass is 10.2. The molecule has 3 heterocycles. The Morgan fingerprint density at radius 2 is 1.85 bits per heavy atom. The summed E-state index contributed by atoms with van der Waals surface area (Å²) in [6.45, 7) is 1.96. The third-order valence-corrected chi connectivity index (χ3v) is 5.16. The molecule has 4 aromatic rings. The number of rotatable bonds is 4. The minimum atomic E-state index is 0.543. The van der Waals surface area contributed by atoms with Crippen LogP contribution >= 0.6 is 11.6 Å². The number of halogens is 1. The lowest BCUT2D eigenvalue weighted by Crippen LogP contribution is -1.97. The molecule has 27 heavy (non-hydrogen) atoms. The Kier molecular flexibility index (Phi) is 3.55. The summed E-state index contributed by atoms with van der Waals surface area (Å²) < 4.78 is 9.69. The third-order valence-electron chi connectivity index (χ3n) is 4.90. The zero-order valence-corrected chi connectivity index (χ0v) is 16.1. The van der Waals surface area contributed by atoms with Crippen molar-refractivity contribution in [2.45, 2.75) is 25.7 Å². The molecule has 5 rings (SSSR count). The predicted octanol–water partition coefficient (Wildman–Crippen LogP) is 4.33. The van der Waals surface area contributed by atoms with E-state index < -0.39 is 0 Å². The van der Waals surface area contributed by atoms with Gasteiger partial charge in [0.1, 0.15) is 22.7 Å². The SMILES string of the molecule is Cc1nn(C)c(Oc2ccc(Cl)cc2)c1-c1nc2c([nH]1)c(C1CC1)nn2C. The summed E-state index contributed by atoms with van der Waals surface area (Å²) in [6.07, 6.45) is 2.38. The van der Waals surface area contributed by atoms with Crippen molar-refractivity contribution in [1.29, 1.82) is 0 Å². The Labute approximate surface area is 160 Å². The van der Waals surface area contributed by atoms with Crippen LogP contribution in [0.1, 0.15) is 30.1 Å². The molecule has 1 saturated carbocycles. The Bertz CT molecular complexity index is 1150. The van der Waals surface area contributed by atoms with E-state index in [9.17, 15) is 0 Å². The molecule has 0 saturated heterocycles. The van der Waals surface area contributed by atoms with Crippen molar-refractivity contribution in [1.82, 2.24) is 29.5 Å². The molecule has 0 bridgehead atoms. The van der Waals surface area contributed by atoms with Gasteiger partial charge in [0.2, 0.25) is 5.88 Å². The van der Waals surface area contributed by atoms with Gasteiger partial charge in [-0.3, -0.25) is 0 Å². The highest BCUT2D eigenvalue weighted by atomic mass is 35.5. The summed E-state index contributed by atoms with van der Waals surface area (Å²) in [7, 11) is 3.79. The highest BCUT2D eigenvalue weighted by Crippen LogP contribution is 2.43. The fourth-order valence-electron chi connectivity index (χ4n) is 3.44. The van der Waals surface area contributed by atoms with Crippen LogP contribution in [0.4, 0.5) is 0 Å². The van der Waals surface area contributed by atoms with Crippen molar-refractivity contribution in [3.05, 3.63) is 40.7 Å². The van der Waals surface area contributed by atoms with Gasteiger partial charge in [0.05, 0.1) is 11.4 Å². The van der Waals surface area contributed by atoms with Gasteiger partial charge in [-0.15, -0.1) is 0 Å². The van der Waals surface area contributed by atoms with Gasteiger partial charge in [-0.05, 0) is 44.0 Å². The Balaban J connectivity index is 1.61. The molecule has 0 unspecified atom stereocenters. The minimum absolute atomic E-state index is 0.543. The topological polar surface area (TPSA) is 73.6 Å². The van der Waals surface area contributed by atoms with Gasteiger partial charge < -0.3 is 9.72 Å². The number of H-pyrrole nitrogens is 1. The molecule has 0 aliphatic heterocycles. The van der Waals surface area contributed by atoms with Crippen LogP contribution < -0.4 is 4.74 Å². The van der Waals surface area contributed by atoms with Crippen molar-refractivity contribution < 1.29 is 4.74 Å². The average molecular weight is 383 g/mol. The number of nitrogens with zero attached hydrogens (tertiary/aromatic N) is 5. The van der Waals surface area contributed by atoms with E-state index in [0.717, 1.165) is 33.9 Å². The number of fused-ring (bicyclic) bond motifs is 1. The predicted molar refractivity (Wildman–Crippen MR) is 103 cm³/mol. The summed E-state index contributed by atoms with van der Waals surface area (Å²) in [5.74, 6) is 2.62. The van der Waals surface area contributed by atoms with Crippen LogP contribution in [0.15, 0.2) is 24.3 Å². The number of benzene rings is 1. The lowest BCUT2D eigenvalue weighted by molar-refractivity contribution is 0.432. The third kappa shape index (κ3) is 2.70. The molecular formula is C19H19ClN6O. The molecule has 1 aliphatic rings. The van der Waals surface area contributed by atoms with Crippen LogP contribution in [-0.4, -0.2) is 29.5 Å². The summed E-state index contributed by atoms with van der Waals surface area (Å²) in [5.41, 5.74) is 4.67. The van der Waals surface area contributed by atoms with E-state index in [2.05, 4.69) is 15.2 Å². The quantitative estimate of drug-likeness (QED) is 0.570. The molecule has 138 valence electrons. The van der Waals surface area contributed by atoms with Gasteiger partial charge >= 0.3 is 0 Å². The van der Waals surface area contributed by atoms with Crippen LogP contribution in [0.2, 0.25) is 5.02 Å². The number of aromatic nitrogens is 6. The standard InChI is InChI=1S/C19H19ClN6O/c1-10-14(19(26(3)23-10)27-13-8-6-12(20)7-9-13)17-21-16-15(11-4-5-11)24-25(2)18(16)22-17/h6-9,11H,4-5H2,1-3H3,(H,21,22). The summed E-state index contributed by atoms with van der Waals surface area (Å²) in [6, 6.07) is 7.27. The van der Waals surface area contributed by atoms with Crippen molar-refractivity contribution in [2.24, 2.45) is 14.1 Å². The second-order valence-corrected chi connectivity index (χ2v) is 7.45. The molecule has 0 atom stereocenters. The van der Waals surface area contributed by atoms with Crippen LogP contribution in [0.5, 0.6) is 11.6 Å². The molecule has 8 heteroatoms. The summed E-state index contributed by atoms with van der Waals surface area (Å²) in [4.78, 5) is 8.26. The molecule has 0 radical (unpaired) electrons. The van der Waals surface area contributed by atoms with Crippen molar-refractivity contribution >= 4 is 22.8 Å². The second-order valence-electron chi connectivity index (χ2n) is 7.01. The number of aromatic amines is 1. The number of hydrogen-bond donors (Lipinski definition) is 1. The maximum absolute atomic E-state index is 6.12. The first kappa shape index (κ1) is 16.4. The Morgan fingerprint density at radius 3 is 2.56 bits per heavy atom. The van der Waals surface area contributed by atoms with Crippen LogP contribution in [0, 0.1) is 6.92 Å². The summed E-state index contributed by atoms with van der Waals surface area (Å²) >= 11 is 5.97. The molecule has 1 fully saturated rings. The number of ether oxygens (including phenoxy) is 1. The number of aryl methyl sites for hydroxylation is 3. The molecular weight excluding hydrogens is 364 g/mol. The van der Waals surface area contributed by atoms with E-state index in [1.807, 2.05) is 37.8 Å². The smallest absolute Gasteiger partial charge is 0.228 e. The fraction of sp³-hybridized carbons (Fsp3) is 0.316. The van der Waals surface area contributed by atoms with Crippen molar-refractivity contribution in [3.63, 3.8) is 0 Å². The number of imidazole rings is 1. The zero-order valence-electron chi connectivity index (χ0n) is 15.3. The molecule has 1 N–H and O–H groups in total. The average Bonchev–Trinajstić information content (AvgIpc) is 3.23. The van der Waals surface area contributed by atoms with Gasteiger partial charge in [0, 0.05) is 25.0 Å². The highest BCUT2D eigenvalue weighted by molar-refractivity contribution is 6.30. The van der Waals surface area contributed by atoms with Crippen LogP contribution in [0.25, 0.3) is 22.6 Å². The van der Waals surface area contributed by atoms with Crippen LogP contribution in [-0.2, 0) is 14.1 Å². The van der Waals surface area contributed by atoms with E-state index in [1.54, 1.807) is 16.8 Å². The zero-order chi connectivity index (χ0) is 18.7. The van der Waals surface area contributed by atoms with Gasteiger partial charge in [-0.25, -0.2) is 14.3 Å². The van der Waals surface area contributed by atoms with E-state index >= 15 is 0 Å². The Hall–Kier alpha value is -2.80. The van der Waals surface area contributed by atoms with E-state index in [4.69, 9.17) is 21.3 Å². The normalized spacial score (nSPS) is 14.2. The maximum atomic E-state index is 6.12. The first-order valence-electron chi connectivity index (χ1n) is 8.91. The van der Waals surface area contributed by atoms with Gasteiger partial charge in [-0.2, -0.15) is 10.2 Å². The van der Waals surface area contributed by atoms with E-state index in [0.29, 0.717) is 22.6 Å². The number of nitrogens with one attached hydrogen (secondary N) is 1. The fourth-order valence-corrected chi connectivity index (χ4v) is 3.56. The first-order chi connectivity index (χ1) is 13.0. The molecule has 0 amide bonds. The van der Waals surface area contributed by atoms with Crippen molar-refractivity contribution in [3.8, 4) is 23.0 Å². The highest BCUT2D eigenvalue weighted by Gasteiger charge is 2.31. The number of hydrogen-bond acceptors (Lipinski definition) is 4. The molecule has 0 spiro atoms.